The van der Waals surface area contributed by atoms with Crippen molar-refractivity contribution in [3.8, 4) is 0 Å². The largest absolute Gasteiger partial charge is 0.486 e. The lowest BCUT2D eigenvalue weighted by molar-refractivity contribution is 0.165. The van der Waals surface area contributed by atoms with E-state index >= 15 is 0 Å². The SMILES string of the molecule is CC1=C(C)C(C)=C2C(C)=C(C)C(C)=C(C)C2O1. The topological polar surface area (TPSA) is 9.23 Å². The molecule has 0 aromatic heterocycles. The van der Waals surface area contributed by atoms with Crippen molar-refractivity contribution < 1.29 is 4.74 Å². The predicted octanol–water partition coefficient (Wildman–Crippen LogP) is 4.68. The Morgan fingerprint density at radius 2 is 1.24 bits per heavy atom. The lowest BCUT2D eigenvalue weighted by Crippen LogP contribution is -2.27. The van der Waals surface area contributed by atoms with Crippen LogP contribution in [0.5, 0.6) is 0 Å². The fraction of sp³-hybridized carbons (Fsp3) is 0.500. The lowest BCUT2D eigenvalue weighted by atomic mass is 9.78. The van der Waals surface area contributed by atoms with Gasteiger partial charge in [0.15, 0.2) is 0 Å². The molecule has 92 valence electrons. The summed E-state index contributed by atoms with van der Waals surface area (Å²) in [5.41, 5.74) is 9.60. The van der Waals surface area contributed by atoms with E-state index in [-0.39, 0.29) is 6.10 Å². The van der Waals surface area contributed by atoms with E-state index in [0.29, 0.717) is 0 Å². The van der Waals surface area contributed by atoms with Crippen molar-refractivity contribution in [2.24, 2.45) is 0 Å². The van der Waals surface area contributed by atoms with Crippen LogP contribution in [0.1, 0.15) is 48.5 Å². The molecule has 1 aliphatic carbocycles. The summed E-state index contributed by atoms with van der Waals surface area (Å²) in [6.07, 6.45) is 0.141. The molecule has 0 saturated carbocycles. The van der Waals surface area contributed by atoms with Crippen molar-refractivity contribution in [2.45, 2.75) is 54.6 Å². The summed E-state index contributed by atoms with van der Waals surface area (Å²) in [5.74, 6) is 1.07. The van der Waals surface area contributed by atoms with Crippen molar-refractivity contribution in [3.05, 3.63) is 44.8 Å². The normalized spacial score (nSPS) is 25.5. The maximum atomic E-state index is 6.10. The molecule has 2 rings (SSSR count). The van der Waals surface area contributed by atoms with Gasteiger partial charge in [-0.1, -0.05) is 0 Å². The number of allylic oxidation sites excluding steroid dienone is 5. The molecule has 1 atom stereocenters. The molecule has 1 unspecified atom stereocenters. The van der Waals surface area contributed by atoms with Crippen molar-refractivity contribution in [1.29, 1.82) is 0 Å². The van der Waals surface area contributed by atoms with E-state index in [2.05, 4.69) is 48.5 Å². The first-order valence-corrected chi connectivity index (χ1v) is 6.27. The minimum Gasteiger partial charge on any atom is -0.486 e. The van der Waals surface area contributed by atoms with E-state index in [1.807, 2.05) is 0 Å². The summed E-state index contributed by atoms with van der Waals surface area (Å²) >= 11 is 0. The molecule has 0 saturated heterocycles. The number of hydrogen-bond donors (Lipinski definition) is 0. The van der Waals surface area contributed by atoms with Gasteiger partial charge in [-0.05, 0) is 81.9 Å². The Morgan fingerprint density at radius 3 is 1.82 bits per heavy atom. The van der Waals surface area contributed by atoms with Crippen LogP contribution in [0.25, 0.3) is 0 Å². The van der Waals surface area contributed by atoms with Gasteiger partial charge >= 0.3 is 0 Å². The summed E-state index contributed by atoms with van der Waals surface area (Å²) in [4.78, 5) is 0. The molecule has 1 aliphatic heterocycles. The zero-order valence-electron chi connectivity index (χ0n) is 12.0. The average molecular weight is 230 g/mol. The molecule has 0 spiro atoms. The Balaban J connectivity index is 2.71. The van der Waals surface area contributed by atoms with E-state index in [1.54, 1.807) is 0 Å². The maximum Gasteiger partial charge on any atom is 0.145 e. The molecule has 17 heavy (non-hydrogen) atoms. The van der Waals surface area contributed by atoms with Gasteiger partial charge in [-0.2, -0.15) is 0 Å². The van der Waals surface area contributed by atoms with Gasteiger partial charge in [0, 0.05) is 5.57 Å². The van der Waals surface area contributed by atoms with Crippen LogP contribution in [0, 0.1) is 0 Å². The molecule has 0 bridgehead atoms. The molecule has 1 heterocycles. The molecule has 0 radical (unpaired) electrons. The highest BCUT2D eigenvalue weighted by Crippen LogP contribution is 2.42. The molecular weight excluding hydrogens is 208 g/mol. The van der Waals surface area contributed by atoms with E-state index in [0.717, 1.165) is 5.76 Å². The molecule has 1 heteroatoms. The van der Waals surface area contributed by atoms with Gasteiger partial charge in [0.25, 0.3) is 0 Å². The van der Waals surface area contributed by atoms with E-state index < -0.39 is 0 Å². The molecule has 1 nitrogen and oxygen atoms in total. The molecule has 0 fully saturated rings. The van der Waals surface area contributed by atoms with E-state index in [9.17, 15) is 0 Å². The fourth-order valence-electron chi connectivity index (χ4n) is 2.75. The van der Waals surface area contributed by atoms with Crippen molar-refractivity contribution >= 4 is 0 Å². The van der Waals surface area contributed by atoms with Gasteiger partial charge < -0.3 is 4.74 Å². The quantitative estimate of drug-likeness (QED) is 0.587. The van der Waals surface area contributed by atoms with Crippen molar-refractivity contribution in [2.75, 3.05) is 0 Å². The minimum atomic E-state index is 0.141. The highest BCUT2D eigenvalue weighted by Gasteiger charge is 2.32. The van der Waals surface area contributed by atoms with Crippen molar-refractivity contribution in [1.82, 2.24) is 0 Å². The summed E-state index contributed by atoms with van der Waals surface area (Å²) in [5, 5.41) is 0. The molecule has 2 aliphatic rings. The maximum absolute atomic E-state index is 6.10. The van der Waals surface area contributed by atoms with Crippen LogP contribution < -0.4 is 0 Å². The average Bonchev–Trinajstić information content (AvgIpc) is 2.30. The molecule has 0 N–H and O–H groups in total. The number of hydrogen-bond acceptors (Lipinski definition) is 1. The van der Waals surface area contributed by atoms with Crippen LogP contribution in [0.4, 0.5) is 0 Å². The first kappa shape index (κ1) is 12.2. The van der Waals surface area contributed by atoms with Gasteiger partial charge in [0.2, 0.25) is 0 Å². The van der Waals surface area contributed by atoms with Gasteiger partial charge in [-0.25, -0.2) is 0 Å². The zero-order valence-corrected chi connectivity index (χ0v) is 12.0. The van der Waals surface area contributed by atoms with Crippen LogP contribution in [0.15, 0.2) is 44.8 Å². The summed E-state index contributed by atoms with van der Waals surface area (Å²) in [7, 11) is 0. The Hall–Kier alpha value is -1.24. The van der Waals surface area contributed by atoms with E-state index in [1.165, 1.54) is 39.0 Å². The van der Waals surface area contributed by atoms with Crippen LogP contribution >= 0.6 is 0 Å². The van der Waals surface area contributed by atoms with Gasteiger partial charge in [-0.3, -0.25) is 0 Å². The highest BCUT2D eigenvalue weighted by molar-refractivity contribution is 5.59. The third kappa shape index (κ3) is 1.60. The van der Waals surface area contributed by atoms with E-state index in [4.69, 9.17) is 4.74 Å². The summed E-state index contributed by atoms with van der Waals surface area (Å²) < 4.78 is 6.10. The molecule has 0 aromatic rings. The summed E-state index contributed by atoms with van der Waals surface area (Å²) in [6.45, 7) is 15.3. The number of rotatable bonds is 0. The smallest absolute Gasteiger partial charge is 0.145 e. The Kier molecular flexibility index (Phi) is 2.81. The first-order valence-electron chi connectivity index (χ1n) is 6.27. The van der Waals surface area contributed by atoms with Gasteiger partial charge in [0.1, 0.15) is 6.10 Å². The van der Waals surface area contributed by atoms with Crippen molar-refractivity contribution in [3.63, 3.8) is 0 Å². The number of fused-ring (bicyclic) bond motifs is 1. The zero-order chi connectivity index (χ0) is 12.9. The Bertz CT molecular complexity index is 510. The monoisotopic (exact) mass is 230 g/mol. The van der Waals surface area contributed by atoms with Crippen LogP contribution in [0.3, 0.4) is 0 Å². The second-order valence-corrected chi connectivity index (χ2v) is 5.28. The highest BCUT2D eigenvalue weighted by atomic mass is 16.5. The van der Waals surface area contributed by atoms with Crippen LogP contribution in [-0.2, 0) is 4.74 Å². The summed E-state index contributed by atoms with van der Waals surface area (Å²) in [6, 6.07) is 0. The second-order valence-electron chi connectivity index (χ2n) is 5.28. The van der Waals surface area contributed by atoms with Crippen LogP contribution in [0.2, 0.25) is 0 Å². The molecular formula is C16H22O. The third-order valence-corrected chi connectivity index (χ3v) is 4.57. The van der Waals surface area contributed by atoms with Gasteiger partial charge in [-0.15, -0.1) is 0 Å². The number of ether oxygens (including phenoxy) is 1. The third-order valence-electron chi connectivity index (χ3n) is 4.57. The van der Waals surface area contributed by atoms with Gasteiger partial charge in [0.05, 0.1) is 5.76 Å². The Morgan fingerprint density at radius 1 is 0.647 bits per heavy atom. The predicted molar refractivity (Wildman–Crippen MR) is 72.7 cm³/mol. The molecule has 0 aromatic carbocycles. The standard InChI is InChI=1S/C16H22O/c1-8-9(2)13(6)16-15(11(8)4)12(5)10(3)14(7)17-16/h16H,1-7H3. The second kappa shape index (κ2) is 3.90. The van der Waals surface area contributed by atoms with Crippen LogP contribution in [-0.4, -0.2) is 6.10 Å². The fourth-order valence-corrected chi connectivity index (χ4v) is 2.75. The minimum absolute atomic E-state index is 0.141. The lowest BCUT2D eigenvalue weighted by Gasteiger charge is -2.36. The first-order chi connectivity index (χ1) is 7.86. The molecule has 0 amide bonds. The Labute approximate surface area is 105 Å².